The van der Waals surface area contributed by atoms with Gasteiger partial charge in [0.15, 0.2) is 0 Å². The molecule has 0 spiro atoms. The van der Waals surface area contributed by atoms with Crippen LogP contribution in [0, 0.1) is 5.82 Å². The number of halogens is 1. The van der Waals surface area contributed by atoms with Gasteiger partial charge in [-0.3, -0.25) is 14.6 Å². The van der Waals surface area contributed by atoms with E-state index >= 15 is 0 Å². The molecule has 3 rings (SSSR count). The number of carbonyl (C=O) groups excluding carboxylic acids is 1. The average molecular weight is 321 g/mol. The van der Waals surface area contributed by atoms with Crippen LogP contribution in [0.1, 0.15) is 11.6 Å². The molecule has 0 radical (unpaired) electrons. The number of carbonyl (C=O) groups is 1. The number of amides is 1. The van der Waals surface area contributed by atoms with E-state index in [1.54, 1.807) is 23.1 Å². The summed E-state index contributed by atoms with van der Waals surface area (Å²) in [7, 11) is 3.63. The first-order valence-corrected chi connectivity index (χ1v) is 8.09. The molecule has 126 valence electrons. The van der Waals surface area contributed by atoms with E-state index in [1.165, 1.54) is 6.07 Å². The molecule has 0 saturated carbocycles. The molecule has 2 aliphatic rings. The SMILES string of the molecule is CN(C)[C@@H](C(=O)N1CC(N2CCOCC2)C1)c1ccccc1F. The van der Waals surface area contributed by atoms with E-state index in [1.807, 2.05) is 19.0 Å². The standard InChI is InChI=1S/C17H24FN3O2/c1-19(2)16(14-5-3-4-6-15(14)18)17(22)21-11-13(12-21)20-7-9-23-10-8-20/h3-6,13,16H,7-12H2,1-2H3/t16-/m1/s1. The van der Waals surface area contributed by atoms with Crippen LogP contribution in [0.3, 0.4) is 0 Å². The lowest BCUT2D eigenvalue weighted by Gasteiger charge is -2.47. The van der Waals surface area contributed by atoms with Gasteiger partial charge in [-0.15, -0.1) is 0 Å². The monoisotopic (exact) mass is 321 g/mol. The largest absolute Gasteiger partial charge is 0.379 e. The molecular formula is C17H24FN3O2. The van der Waals surface area contributed by atoms with Gasteiger partial charge in [0.25, 0.3) is 0 Å². The predicted octanol–water partition coefficient (Wildman–Crippen LogP) is 0.971. The topological polar surface area (TPSA) is 36.0 Å². The third-order valence-corrected chi connectivity index (χ3v) is 4.69. The number of hydrogen-bond donors (Lipinski definition) is 0. The summed E-state index contributed by atoms with van der Waals surface area (Å²) < 4.78 is 19.5. The molecule has 1 aromatic carbocycles. The van der Waals surface area contributed by atoms with E-state index in [4.69, 9.17) is 4.74 Å². The Morgan fingerprint density at radius 2 is 1.91 bits per heavy atom. The van der Waals surface area contributed by atoms with E-state index < -0.39 is 6.04 Å². The van der Waals surface area contributed by atoms with E-state index in [0.717, 1.165) is 39.4 Å². The van der Waals surface area contributed by atoms with Gasteiger partial charge >= 0.3 is 0 Å². The first-order chi connectivity index (χ1) is 11.1. The number of morpholine rings is 1. The van der Waals surface area contributed by atoms with Crippen LogP contribution >= 0.6 is 0 Å². The molecule has 2 heterocycles. The minimum Gasteiger partial charge on any atom is -0.379 e. The van der Waals surface area contributed by atoms with Crippen molar-refractivity contribution >= 4 is 5.91 Å². The maximum absolute atomic E-state index is 14.1. The van der Waals surface area contributed by atoms with Crippen LogP contribution in [-0.4, -0.2) is 80.1 Å². The molecular weight excluding hydrogens is 297 g/mol. The maximum Gasteiger partial charge on any atom is 0.244 e. The Hall–Kier alpha value is -1.50. The fourth-order valence-electron chi connectivity index (χ4n) is 3.31. The fraction of sp³-hybridized carbons (Fsp3) is 0.588. The molecule has 0 aliphatic carbocycles. The Kier molecular flexibility index (Phi) is 4.94. The van der Waals surface area contributed by atoms with Crippen molar-refractivity contribution in [2.75, 3.05) is 53.5 Å². The summed E-state index contributed by atoms with van der Waals surface area (Å²) in [4.78, 5) is 18.8. The Labute approximate surface area is 136 Å². The van der Waals surface area contributed by atoms with E-state index in [-0.39, 0.29) is 11.7 Å². The molecule has 0 bridgehead atoms. The van der Waals surface area contributed by atoms with Crippen LogP contribution in [-0.2, 0) is 9.53 Å². The highest BCUT2D eigenvalue weighted by Gasteiger charge is 2.39. The van der Waals surface area contributed by atoms with Crippen molar-refractivity contribution in [2.24, 2.45) is 0 Å². The van der Waals surface area contributed by atoms with Gasteiger partial charge < -0.3 is 9.64 Å². The number of nitrogens with zero attached hydrogens (tertiary/aromatic N) is 3. The van der Waals surface area contributed by atoms with Gasteiger partial charge in [-0.1, -0.05) is 18.2 Å². The highest BCUT2D eigenvalue weighted by Crippen LogP contribution is 2.27. The Morgan fingerprint density at radius 3 is 2.52 bits per heavy atom. The highest BCUT2D eigenvalue weighted by atomic mass is 19.1. The Bertz CT molecular complexity index is 555. The van der Waals surface area contributed by atoms with Crippen molar-refractivity contribution in [3.8, 4) is 0 Å². The second-order valence-electron chi connectivity index (χ2n) is 6.43. The van der Waals surface area contributed by atoms with Gasteiger partial charge in [-0.25, -0.2) is 4.39 Å². The number of rotatable bonds is 4. The van der Waals surface area contributed by atoms with E-state index in [9.17, 15) is 9.18 Å². The van der Waals surface area contributed by atoms with Crippen molar-refractivity contribution in [2.45, 2.75) is 12.1 Å². The highest BCUT2D eigenvalue weighted by molar-refractivity contribution is 5.84. The van der Waals surface area contributed by atoms with Crippen molar-refractivity contribution in [1.29, 1.82) is 0 Å². The van der Waals surface area contributed by atoms with Crippen LogP contribution in [0.25, 0.3) is 0 Å². The van der Waals surface area contributed by atoms with Crippen molar-refractivity contribution in [3.63, 3.8) is 0 Å². The Balaban J connectivity index is 1.65. The van der Waals surface area contributed by atoms with Gasteiger partial charge in [0.1, 0.15) is 11.9 Å². The molecule has 1 atom stereocenters. The molecule has 6 heteroatoms. The third kappa shape index (κ3) is 3.39. The first kappa shape index (κ1) is 16.4. The van der Waals surface area contributed by atoms with Crippen LogP contribution in [0.2, 0.25) is 0 Å². The Morgan fingerprint density at radius 1 is 1.26 bits per heavy atom. The zero-order valence-electron chi connectivity index (χ0n) is 13.7. The zero-order chi connectivity index (χ0) is 16.4. The maximum atomic E-state index is 14.1. The summed E-state index contributed by atoms with van der Waals surface area (Å²) in [5.41, 5.74) is 0.442. The van der Waals surface area contributed by atoms with Gasteiger partial charge in [-0.05, 0) is 20.2 Å². The summed E-state index contributed by atoms with van der Waals surface area (Å²) >= 11 is 0. The van der Waals surface area contributed by atoms with Crippen LogP contribution < -0.4 is 0 Å². The third-order valence-electron chi connectivity index (χ3n) is 4.69. The predicted molar refractivity (Wildman–Crippen MR) is 85.6 cm³/mol. The van der Waals surface area contributed by atoms with Crippen molar-refractivity contribution in [3.05, 3.63) is 35.6 Å². The molecule has 0 N–H and O–H groups in total. The van der Waals surface area contributed by atoms with E-state index in [0.29, 0.717) is 11.6 Å². The minimum absolute atomic E-state index is 0.0235. The van der Waals surface area contributed by atoms with Gasteiger partial charge in [-0.2, -0.15) is 0 Å². The molecule has 2 fully saturated rings. The average Bonchev–Trinajstić information content (AvgIpc) is 2.49. The lowest BCUT2D eigenvalue weighted by atomic mass is 9.99. The lowest BCUT2D eigenvalue weighted by molar-refractivity contribution is -0.145. The van der Waals surface area contributed by atoms with Gasteiger partial charge in [0.2, 0.25) is 5.91 Å². The normalized spacial score (nSPS) is 21.3. The molecule has 0 unspecified atom stereocenters. The molecule has 2 aliphatic heterocycles. The lowest BCUT2D eigenvalue weighted by Crippen LogP contribution is -2.64. The van der Waals surface area contributed by atoms with Crippen molar-refractivity contribution in [1.82, 2.24) is 14.7 Å². The molecule has 5 nitrogen and oxygen atoms in total. The number of ether oxygens (including phenoxy) is 1. The molecule has 0 aromatic heterocycles. The van der Waals surface area contributed by atoms with Crippen LogP contribution in [0.5, 0.6) is 0 Å². The van der Waals surface area contributed by atoms with Gasteiger partial charge in [0, 0.05) is 37.8 Å². The summed E-state index contributed by atoms with van der Waals surface area (Å²) in [6, 6.07) is 6.36. The molecule has 1 amide bonds. The van der Waals surface area contributed by atoms with Gasteiger partial charge in [0.05, 0.1) is 13.2 Å². The van der Waals surface area contributed by atoms with Crippen molar-refractivity contribution < 1.29 is 13.9 Å². The second kappa shape index (κ2) is 6.95. The number of hydrogen-bond acceptors (Lipinski definition) is 4. The number of likely N-dealkylation sites (tertiary alicyclic amines) is 1. The first-order valence-electron chi connectivity index (χ1n) is 8.09. The molecule has 23 heavy (non-hydrogen) atoms. The summed E-state index contributed by atoms with van der Waals surface area (Å²) in [5, 5.41) is 0. The summed E-state index contributed by atoms with van der Waals surface area (Å²) in [6.07, 6.45) is 0. The summed E-state index contributed by atoms with van der Waals surface area (Å²) in [6.45, 7) is 4.82. The molecule has 1 aromatic rings. The molecule has 2 saturated heterocycles. The smallest absolute Gasteiger partial charge is 0.244 e. The summed E-state index contributed by atoms with van der Waals surface area (Å²) in [5.74, 6) is -0.352. The van der Waals surface area contributed by atoms with E-state index in [2.05, 4.69) is 4.90 Å². The number of likely N-dealkylation sites (N-methyl/N-ethyl adjacent to an activating group) is 1. The zero-order valence-corrected chi connectivity index (χ0v) is 13.7. The number of benzene rings is 1. The second-order valence-corrected chi connectivity index (χ2v) is 6.43. The van der Waals surface area contributed by atoms with Crippen LogP contribution in [0.4, 0.5) is 4.39 Å². The quantitative estimate of drug-likeness (QED) is 0.828. The minimum atomic E-state index is -0.568. The van der Waals surface area contributed by atoms with Crippen LogP contribution in [0.15, 0.2) is 24.3 Å². The fourth-order valence-corrected chi connectivity index (χ4v) is 3.31.